The Hall–Kier alpha value is -4.01. The van der Waals surface area contributed by atoms with Crippen LogP contribution in [0.4, 0.5) is 28.9 Å². The third-order valence-electron chi connectivity index (χ3n) is 6.69. The Morgan fingerprint density at radius 1 is 1.12 bits per heavy atom. The number of pyridine rings is 2. The molecule has 5 rings (SSSR count). The zero-order valence-electron chi connectivity index (χ0n) is 21.6. The number of ether oxygens (including phenoxy) is 2. The van der Waals surface area contributed by atoms with Crippen molar-refractivity contribution in [1.29, 1.82) is 0 Å². The Morgan fingerprint density at radius 3 is 2.65 bits per heavy atom. The van der Waals surface area contributed by atoms with Gasteiger partial charge in [0, 0.05) is 43.2 Å². The van der Waals surface area contributed by atoms with E-state index in [2.05, 4.69) is 32.0 Å². The molecule has 1 amide bonds. The van der Waals surface area contributed by atoms with Gasteiger partial charge in [-0.1, -0.05) is 5.92 Å². The zero-order chi connectivity index (χ0) is 28.3. The molecule has 0 radical (unpaired) electrons. The number of nitrogens with zero attached hydrogens (tertiary/aromatic N) is 3. The first-order chi connectivity index (χ1) is 19.2. The number of alkyl halides is 3. The molecule has 1 unspecified atom stereocenters. The van der Waals surface area contributed by atoms with Crippen molar-refractivity contribution in [1.82, 2.24) is 9.97 Å². The number of morpholine rings is 1. The van der Waals surface area contributed by atoms with Crippen LogP contribution < -0.4 is 10.2 Å². The summed E-state index contributed by atoms with van der Waals surface area (Å²) in [5, 5.41) is 2.39. The van der Waals surface area contributed by atoms with Crippen molar-refractivity contribution in [2.24, 2.45) is 0 Å². The van der Waals surface area contributed by atoms with E-state index in [-0.39, 0.29) is 17.4 Å². The van der Waals surface area contributed by atoms with Crippen LogP contribution in [-0.2, 0) is 15.7 Å². The molecule has 1 aromatic carbocycles. The fraction of sp³-hybridized carbons (Fsp3) is 0.345. The number of halogens is 4. The van der Waals surface area contributed by atoms with Gasteiger partial charge in [-0.2, -0.15) is 13.2 Å². The lowest BCUT2D eigenvalue weighted by molar-refractivity contribution is -0.141. The average Bonchev–Trinajstić information content (AvgIpc) is 3.47. The lowest BCUT2D eigenvalue weighted by atomic mass is 9.99. The van der Waals surface area contributed by atoms with Gasteiger partial charge in [-0.15, -0.1) is 0 Å². The van der Waals surface area contributed by atoms with Crippen molar-refractivity contribution in [2.75, 3.05) is 43.1 Å². The molecule has 2 aliphatic rings. The second-order valence-corrected chi connectivity index (χ2v) is 9.49. The van der Waals surface area contributed by atoms with Crippen LogP contribution in [0, 0.1) is 24.6 Å². The van der Waals surface area contributed by atoms with Gasteiger partial charge in [-0.3, -0.25) is 9.78 Å². The number of amides is 1. The van der Waals surface area contributed by atoms with E-state index in [0.717, 1.165) is 30.8 Å². The standard InChI is InChI=1S/C29H26F4N4O3/c1-18-13-23(30)25(36-28(38)19-6-7-34-27(15-19)29(31,32)33)16-22(18)20-14-26(37-8-11-39-12-9-37)24(35-17-20)5-4-21-3-2-10-40-21/h6-7,13-17,21H,2-3,8-12H2,1H3,(H,36,38). The fourth-order valence-electron chi connectivity index (χ4n) is 4.58. The monoisotopic (exact) mass is 554 g/mol. The summed E-state index contributed by atoms with van der Waals surface area (Å²) in [6, 6.07) is 6.39. The second kappa shape index (κ2) is 11.6. The molecule has 0 saturated carbocycles. The van der Waals surface area contributed by atoms with Gasteiger partial charge in [0.05, 0.1) is 24.6 Å². The molecule has 0 aliphatic carbocycles. The SMILES string of the molecule is Cc1cc(F)c(NC(=O)c2ccnc(C(F)(F)F)c2)cc1-c1cnc(C#CC2CCCO2)c(N2CCOCC2)c1. The molecule has 40 heavy (non-hydrogen) atoms. The summed E-state index contributed by atoms with van der Waals surface area (Å²) in [6.45, 7) is 4.82. The number of anilines is 2. The number of aryl methyl sites for hydroxylation is 1. The minimum Gasteiger partial charge on any atom is -0.378 e. The number of benzene rings is 1. The van der Waals surface area contributed by atoms with Gasteiger partial charge in [0.25, 0.3) is 5.91 Å². The molecule has 1 atom stereocenters. The van der Waals surface area contributed by atoms with E-state index in [4.69, 9.17) is 9.47 Å². The zero-order valence-corrected chi connectivity index (χ0v) is 21.6. The van der Waals surface area contributed by atoms with Gasteiger partial charge >= 0.3 is 6.18 Å². The predicted molar refractivity (Wildman–Crippen MR) is 140 cm³/mol. The highest BCUT2D eigenvalue weighted by Crippen LogP contribution is 2.33. The molecular weight excluding hydrogens is 528 g/mol. The number of nitrogens with one attached hydrogen (secondary N) is 1. The minimum atomic E-state index is -4.72. The number of hydrogen-bond acceptors (Lipinski definition) is 6. The Bertz CT molecular complexity index is 1470. The molecule has 4 heterocycles. The summed E-state index contributed by atoms with van der Waals surface area (Å²) < 4.78 is 65.1. The number of rotatable bonds is 4. The highest BCUT2D eigenvalue weighted by atomic mass is 19.4. The second-order valence-electron chi connectivity index (χ2n) is 9.49. The van der Waals surface area contributed by atoms with E-state index < -0.39 is 23.6 Å². The van der Waals surface area contributed by atoms with Gasteiger partial charge in [-0.05, 0) is 67.1 Å². The summed E-state index contributed by atoms with van der Waals surface area (Å²) >= 11 is 0. The van der Waals surface area contributed by atoms with Crippen LogP contribution in [0.2, 0.25) is 0 Å². The molecule has 11 heteroatoms. The molecule has 0 spiro atoms. The van der Waals surface area contributed by atoms with Crippen LogP contribution >= 0.6 is 0 Å². The predicted octanol–water partition coefficient (Wildman–Crippen LogP) is 5.23. The minimum absolute atomic E-state index is 0.128. The van der Waals surface area contributed by atoms with Crippen molar-refractivity contribution in [3.63, 3.8) is 0 Å². The molecule has 2 saturated heterocycles. The summed E-state index contributed by atoms with van der Waals surface area (Å²) in [5.74, 6) is 4.69. The van der Waals surface area contributed by atoms with Crippen molar-refractivity contribution in [3.8, 4) is 23.0 Å². The molecular formula is C29H26F4N4O3. The smallest absolute Gasteiger partial charge is 0.378 e. The maximum Gasteiger partial charge on any atom is 0.433 e. The Balaban J connectivity index is 1.47. The summed E-state index contributed by atoms with van der Waals surface area (Å²) in [7, 11) is 0. The van der Waals surface area contributed by atoms with Crippen LogP contribution in [-0.4, -0.2) is 54.9 Å². The normalized spacial score (nSPS) is 17.3. The van der Waals surface area contributed by atoms with E-state index in [1.807, 2.05) is 6.07 Å². The maximum atomic E-state index is 14.9. The van der Waals surface area contributed by atoms with Crippen LogP contribution in [0.1, 0.15) is 40.2 Å². The quantitative estimate of drug-likeness (QED) is 0.352. The highest BCUT2D eigenvalue weighted by Gasteiger charge is 2.33. The molecule has 2 fully saturated rings. The first kappa shape index (κ1) is 27.6. The third kappa shape index (κ3) is 6.24. The van der Waals surface area contributed by atoms with Crippen LogP contribution in [0.5, 0.6) is 0 Å². The number of carbonyl (C=O) groups excluding carboxylic acids is 1. The first-order valence-corrected chi connectivity index (χ1v) is 12.8. The van der Waals surface area contributed by atoms with Crippen molar-refractivity contribution >= 4 is 17.3 Å². The summed E-state index contributed by atoms with van der Waals surface area (Å²) in [5.41, 5.74) is 1.56. The van der Waals surface area contributed by atoms with Gasteiger partial charge in [0.2, 0.25) is 0 Å². The molecule has 1 N–H and O–H groups in total. The molecule has 3 aromatic rings. The van der Waals surface area contributed by atoms with E-state index in [0.29, 0.717) is 61.4 Å². The number of carbonyl (C=O) groups is 1. The average molecular weight is 555 g/mol. The van der Waals surface area contributed by atoms with Crippen LogP contribution in [0.15, 0.2) is 42.7 Å². The maximum absolute atomic E-state index is 14.9. The van der Waals surface area contributed by atoms with Gasteiger partial charge in [0.15, 0.2) is 0 Å². The molecule has 0 bridgehead atoms. The van der Waals surface area contributed by atoms with Gasteiger partial charge in [-0.25, -0.2) is 9.37 Å². The summed E-state index contributed by atoms with van der Waals surface area (Å²) in [6.07, 6.45) is -0.486. The Kier molecular flexibility index (Phi) is 8.00. The highest BCUT2D eigenvalue weighted by molar-refractivity contribution is 6.04. The van der Waals surface area contributed by atoms with Gasteiger partial charge in [0.1, 0.15) is 23.3 Å². The molecule has 2 aromatic heterocycles. The van der Waals surface area contributed by atoms with Crippen LogP contribution in [0.3, 0.4) is 0 Å². The molecule has 208 valence electrons. The largest absolute Gasteiger partial charge is 0.433 e. The van der Waals surface area contributed by atoms with Crippen LogP contribution in [0.25, 0.3) is 11.1 Å². The lowest BCUT2D eigenvalue weighted by Crippen LogP contribution is -2.36. The first-order valence-electron chi connectivity index (χ1n) is 12.8. The van der Waals surface area contributed by atoms with E-state index in [1.165, 1.54) is 12.1 Å². The van der Waals surface area contributed by atoms with E-state index in [1.54, 1.807) is 13.1 Å². The Labute approximate surface area is 228 Å². The number of hydrogen-bond donors (Lipinski definition) is 1. The Morgan fingerprint density at radius 2 is 1.93 bits per heavy atom. The molecule has 2 aliphatic heterocycles. The topological polar surface area (TPSA) is 76.6 Å². The summed E-state index contributed by atoms with van der Waals surface area (Å²) in [4.78, 5) is 22.7. The van der Waals surface area contributed by atoms with E-state index in [9.17, 15) is 22.4 Å². The van der Waals surface area contributed by atoms with Gasteiger partial charge < -0.3 is 19.7 Å². The van der Waals surface area contributed by atoms with Crippen molar-refractivity contribution in [3.05, 3.63) is 71.1 Å². The van der Waals surface area contributed by atoms with E-state index >= 15 is 0 Å². The lowest BCUT2D eigenvalue weighted by Gasteiger charge is -2.29. The van der Waals surface area contributed by atoms with Crippen molar-refractivity contribution in [2.45, 2.75) is 32.0 Å². The van der Waals surface area contributed by atoms with Crippen molar-refractivity contribution < 1.29 is 31.8 Å². The number of aromatic nitrogens is 2. The molecule has 7 nitrogen and oxygen atoms in total. The third-order valence-corrected chi connectivity index (χ3v) is 6.69. The fourth-order valence-corrected chi connectivity index (χ4v) is 4.58.